The van der Waals surface area contributed by atoms with Gasteiger partial charge in [0, 0.05) is 57.1 Å². The Kier molecular flexibility index (Phi) is 3.83. The van der Waals surface area contributed by atoms with Crippen molar-refractivity contribution in [3.8, 4) is 11.3 Å². The average molecular weight is 397 g/mol. The van der Waals surface area contributed by atoms with Crippen LogP contribution < -0.4 is 5.32 Å². The van der Waals surface area contributed by atoms with Crippen LogP contribution in [-0.4, -0.2) is 45.3 Å². The summed E-state index contributed by atoms with van der Waals surface area (Å²) in [5.41, 5.74) is 2.57. The van der Waals surface area contributed by atoms with Crippen molar-refractivity contribution in [1.82, 2.24) is 9.88 Å². The molecule has 6 nitrogen and oxygen atoms in total. The number of rotatable bonds is 3. The van der Waals surface area contributed by atoms with Gasteiger partial charge in [-0.3, -0.25) is 4.79 Å². The first-order valence-corrected chi connectivity index (χ1v) is 9.79. The highest BCUT2D eigenvalue weighted by molar-refractivity contribution is 8.00. The number of H-pyrrole nitrogens is 1. The Morgan fingerprint density at radius 2 is 2.14 bits per heavy atom. The molecule has 1 fully saturated rings. The van der Waals surface area contributed by atoms with Gasteiger partial charge in [-0.15, -0.1) is 11.8 Å². The van der Waals surface area contributed by atoms with Crippen molar-refractivity contribution in [3.63, 3.8) is 0 Å². The number of likely N-dealkylation sites (tertiary alicyclic amines) is 1. The van der Waals surface area contributed by atoms with Crippen LogP contribution >= 0.6 is 11.8 Å². The lowest BCUT2D eigenvalue weighted by molar-refractivity contribution is 0.103. The SMILES string of the molecule is O=C1Nc2ccc(F)c3c(S[C@H]4CCN(C(=O)O)C4)cc(-c4ccc[nH]4)c1c23. The van der Waals surface area contributed by atoms with Crippen LogP contribution in [0.15, 0.2) is 41.4 Å². The van der Waals surface area contributed by atoms with Crippen LogP contribution in [0.5, 0.6) is 0 Å². The maximum absolute atomic E-state index is 14.8. The highest BCUT2D eigenvalue weighted by Gasteiger charge is 2.32. The summed E-state index contributed by atoms with van der Waals surface area (Å²) in [4.78, 5) is 29.1. The van der Waals surface area contributed by atoms with Crippen LogP contribution in [0.25, 0.3) is 22.0 Å². The van der Waals surface area contributed by atoms with E-state index in [0.29, 0.717) is 41.5 Å². The molecule has 1 saturated heterocycles. The van der Waals surface area contributed by atoms with Gasteiger partial charge in [0.05, 0.1) is 5.56 Å². The van der Waals surface area contributed by atoms with Crippen molar-refractivity contribution in [1.29, 1.82) is 0 Å². The van der Waals surface area contributed by atoms with Crippen LogP contribution in [0, 0.1) is 5.82 Å². The minimum Gasteiger partial charge on any atom is -0.465 e. The number of carbonyl (C=O) groups is 2. The summed E-state index contributed by atoms with van der Waals surface area (Å²) in [6, 6.07) is 8.51. The summed E-state index contributed by atoms with van der Waals surface area (Å²) in [5, 5.41) is 13.1. The van der Waals surface area contributed by atoms with E-state index in [1.807, 2.05) is 18.2 Å². The second-order valence-electron chi connectivity index (χ2n) is 6.94. The number of benzene rings is 2. The Bertz CT molecular complexity index is 1130. The minimum absolute atomic E-state index is 0.0362. The van der Waals surface area contributed by atoms with Gasteiger partial charge in [0.25, 0.3) is 5.91 Å². The number of hydrogen-bond donors (Lipinski definition) is 3. The Morgan fingerprint density at radius 1 is 1.29 bits per heavy atom. The highest BCUT2D eigenvalue weighted by Crippen LogP contribution is 2.46. The molecular formula is C20H16FN3O3S. The van der Waals surface area contributed by atoms with Gasteiger partial charge in [-0.1, -0.05) is 0 Å². The molecule has 2 aliphatic rings. The fourth-order valence-electron chi connectivity index (χ4n) is 3.99. The predicted molar refractivity (Wildman–Crippen MR) is 106 cm³/mol. The lowest BCUT2D eigenvalue weighted by atomic mass is 9.97. The van der Waals surface area contributed by atoms with Crippen LogP contribution in [0.3, 0.4) is 0 Å². The normalized spacial score (nSPS) is 18.1. The van der Waals surface area contributed by atoms with E-state index in [-0.39, 0.29) is 17.0 Å². The second kappa shape index (κ2) is 6.27. The van der Waals surface area contributed by atoms with Gasteiger partial charge in [0.15, 0.2) is 0 Å². The van der Waals surface area contributed by atoms with E-state index in [1.54, 1.807) is 12.3 Å². The zero-order valence-electron chi connectivity index (χ0n) is 14.7. The predicted octanol–water partition coefficient (Wildman–Crippen LogP) is 4.38. The van der Waals surface area contributed by atoms with Crippen LogP contribution in [0.2, 0.25) is 0 Å². The van der Waals surface area contributed by atoms with Gasteiger partial charge in [0.1, 0.15) is 5.82 Å². The smallest absolute Gasteiger partial charge is 0.407 e. The molecule has 2 amide bonds. The number of carboxylic acid groups (broad SMARTS) is 1. The van der Waals surface area contributed by atoms with Gasteiger partial charge >= 0.3 is 6.09 Å². The Labute approximate surface area is 163 Å². The van der Waals surface area contributed by atoms with Gasteiger partial charge in [0.2, 0.25) is 0 Å². The highest BCUT2D eigenvalue weighted by atomic mass is 32.2. The molecule has 142 valence electrons. The summed E-state index contributed by atoms with van der Waals surface area (Å²) in [7, 11) is 0. The van der Waals surface area contributed by atoms with Crippen molar-refractivity contribution in [3.05, 3.63) is 47.9 Å². The van der Waals surface area contributed by atoms with Crippen LogP contribution in [0.1, 0.15) is 16.8 Å². The summed E-state index contributed by atoms with van der Waals surface area (Å²) < 4.78 is 14.8. The van der Waals surface area contributed by atoms with Gasteiger partial charge in [-0.05, 0) is 36.8 Å². The number of thioether (sulfide) groups is 1. The number of nitrogens with zero attached hydrogens (tertiary/aromatic N) is 1. The molecule has 3 aromatic rings. The number of anilines is 1. The summed E-state index contributed by atoms with van der Waals surface area (Å²) >= 11 is 1.48. The maximum Gasteiger partial charge on any atom is 0.407 e. The Morgan fingerprint density at radius 3 is 2.86 bits per heavy atom. The van der Waals surface area contributed by atoms with Crippen LogP contribution in [0.4, 0.5) is 14.9 Å². The minimum atomic E-state index is -0.934. The quantitative estimate of drug-likeness (QED) is 0.612. The summed E-state index contributed by atoms with van der Waals surface area (Å²) in [6.07, 6.45) is 1.55. The van der Waals surface area contributed by atoms with E-state index in [9.17, 15) is 19.1 Å². The summed E-state index contributed by atoms with van der Waals surface area (Å²) in [6.45, 7) is 0.875. The molecule has 3 heterocycles. The molecule has 28 heavy (non-hydrogen) atoms. The molecule has 0 aliphatic carbocycles. The van der Waals surface area contributed by atoms with E-state index in [1.165, 1.54) is 22.7 Å². The Hall–Kier alpha value is -3.00. The number of nitrogens with one attached hydrogen (secondary N) is 2. The van der Waals surface area contributed by atoms with E-state index in [4.69, 9.17) is 0 Å². The van der Waals surface area contributed by atoms with E-state index in [2.05, 4.69) is 10.3 Å². The zero-order chi connectivity index (χ0) is 19.4. The average Bonchev–Trinajstić information content (AvgIpc) is 3.40. The molecule has 3 N–H and O–H groups in total. The molecule has 2 aromatic carbocycles. The molecule has 5 rings (SSSR count). The summed E-state index contributed by atoms with van der Waals surface area (Å²) in [5.74, 6) is -0.630. The van der Waals surface area contributed by atoms with E-state index < -0.39 is 6.09 Å². The number of aromatic amines is 1. The molecule has 8 heteroatoms. The zero-order valence-corrected chi connectivity index (χ0v) is 15.5. The molecule has 1 atom stereocenters. The molecule has 0 unspecified atom stereocenters. The molecule has 0 radical (unpaired) electrons. The van der Waals surface area contributed by atoms with Gasteiger partial charge in [-0.25, -0.2) is 9.18 Å². The monoisotopic (exact) mass is 397 g/mol. The van der Waals surface area contributed by atoms with Crippen molar-refractivity contribution < 1.29 is 19.1 Å². The first kappa shape index (κ1) is 17.1. The van der Waals surface area contributed by atoms with Gasteiger partial charge < -0.3 is 20.3 Å². The largest absolute Gasteiger partial charge is 0.465 e. The second-order valence-corrected chi connectivity index (χ2v) is 8.28. The van der Waals surface area contributed by atoms with Gasteiger partial charge in [-0.2, -0.15) is 0 Å². The number of hydrogen-bond acceptors (Lipinski definition) is 3. The fraction of sp³-hybridized carbons (Fsp3) is 0.200. The fourth-order valence-corrected chi connectivity index (χ4v) is 5.33. The van der Waals surface area contributed by atoms with Crippen molar-refractivity contribution in [2.45, 2.75) is 16.6 Å². The molecule has 0 saturated carbocycles. The van der Waals surface area contributed by atoms with Crippen molar-refractivity contribution in [2.75, 3.05) is 18.4 Å². The third kappa shape index (κ3) is 2.56. The third-order valence-corrected chi connectivity index (χ3v) is 6.56. The van der Waals surface area contributed by atoms with E-state index >= 15 is 0 Å². The number of amides is 2. The topological polar surface area (TPSA) is 85.4 Å². The maximum atomic E-state index is 14.8. The standard InChI is InChI=1S/C20H16FN3O3S/c21-12-3-4-14-18-16(19(25)23-14)11(13-2-1-6-22-13)8-15(17(12)18)28-10-5-7-24(9-10)20(26)27/h1-4,6,8,10,22H,5,7,9H2,(H,23,25)(H,26,27)/t10-/m0/s1. The molecule has 0 bridgehead atoms. The molecular weight excluding hydrogens is 381 g/mol. The third-order valence-electron chi connectivity index (χ3n) is 5.27. The lowest BCUT2D eigenvalue weighted by Crippen LogP contribution is -2.27. The number of halogens is 1. The first-order chi connectivity index (χ1) is 13.5. The first-order valence-electron chi connectivity index (χ1n) is 8.92. The Balaban J connectivity index is 1.68. The molecule has 1 aromatic heterocycles. The molecule has 2 aliphatic heterocycles. The van der Waals surface area contributed by atoms with Crippen LogP contribution in [-0.2, 0) is 0 Å². The number of carbonyl (C=O) groups excluding carboxylic acids is 1. The van der Waals surface area contributed by atoms with Crippen molar-refractivity contribution in [2.24, 2.45) is 0 Å². The van der Waals surface area contributed by atoms with Crippen molar-refractivity contribution >= 4 is 40.2 Å². The molecule has 0 spiro atoms. The lowest BCUT2D eigenvalue weighted by Gasteiger charge is -2.16. The van der Waals surface area contributed by atoms with E-state index in [0.717, 1.165) is 16.2 Å². The number of aromatic nitrogens is 1.